The van der Waals surface area contributed by atoms with Crippen molar-refractivity contribution in [2.45, 2.75) is 19.3 Å². The zero-order valence-electron chi connectivity index (χ0n) is 8.42. The molecule has 0 saturated carbocycles. The predicted octanol–water partition coefficient (Wildman–Crippen LogP) is 1.61. The fourth-order valence-electron chi connectivity index (χ4n) is 1.43. The molecule has 3 nitrogen and oxygen atoms in total. The van der Waals surface area contributed by atoms with Gasteiger partial charge in [-0.3, -0.25) is 0 Å². The van der Waals surface area contributed by atoms with Crippen molar-refractivity contribution in [2.75, 3.05) is 20.6 Å². The van der Waals surface area contributed by atoms with Crippen LogP contribution in [0.4, 0.5) is 4.79 Å². The number of urea groups is 1. The lowest BCUT2D eigenvalue weighted by Crippen LogP contribution is -2.37. The summed E-state index contributed by atoms with van der Waals surface area (Å²) in [6.07, 6.45) is 7.88. The average molecular weight is 182 g/mol. The smallest absolute Gasteiger partial charge is 0.316 e. The maximum atomic E-state index is 11.2. The molecule has 3 heteroatoms. The van der Waals surface area contributed by atoms with Crippen LogP contribution in [0.25, 0.3) is 0 Å². The van der Waals surface area contributed by atoms with E-state index in [1.807, 2.05) is 0 Å². The Bertz CT molecular complexity index is 199. The van der Waals surface area contributed by atoms with Crippen molar-refractivity contribution in [1.82, 2.24) is 10.2 Å². The fourth-order valence-corrected chi connectivity index (χ4v) is 1.43. The van der Waals surface area contributed by atoms with E-state index in [2.05, 4.69) is 17.5 Å². The summed E-state index contributed by atoms with van der Waals surface area (Å²) in [5.41, 5.74) is 0. The average Bonchev–Trinajstić information content (AvgIpc) is 2.15. The molecule has 0 aliphatic heterocycles. The maximum Gasteiger partial charge on any atom is 0.316 e. The van der Waals surface area contributed by atoms with Gasteiger partial charge in [0.1, 0.15) is 0 Å². The number of hydrogen-bond donors (Lipinski definition) is 1. The first kappa shape index (κ1) is 10.1. The van der Waals surface area contributed by atoms with E-state index in [4.69, 9.17) is 0 Å². The summed E-state index contributed by atoms with van der Waals surface area (Å²) >= 11 is 0. The zero-order valence-corrected chi connectivity index (χ0v) is 8.42. The molecule has 0 bridgehead atoms. The summed E-state index contributed by atoms with van der Waals surface area (Å²) in [5.74, 6) is 0.633. The molecule has 1 atom stereocenters. The monoisotopic (exact) mass is 182 g/mol. The molecule has 74 valence electrons. The van der Waals surface area contributed by atoms with Gasteiger partial charge in [0.2, 0.25) is 0 Å². The van der Waals surface area contributed by atoms with Crippen LogP contribution in [0.3, 0.4) is 0 Å². The Morgan fingerprint density at radius 3 is 2.85 bits per heavy atom. The third-order valence-electron chi connectivity index (χ3n) is 2.33. The van der Waals surface area contributed by atoms with Gasteiger partial charge < -0.3 is 10.2 Å². The number of nitrogens with one attached hydrogen (secondary N) is 1. The van der Waals surface area contributed by atoms with Crippen molar-refractivity contribution in [2.24, 2.45) is 5.92 Å². The number of allylic oxidation sites excluding steroid dienone is 2. The molecule has 1 N–H and O–H groups in total. The Hall–Kier alpha value is -0.990. The summed E-state index contributed by atoms with van der Waals surface area (Å²) < 4.78 is 0. The Balaban J connectivity index is 2.18. The number of hydrogen-bond acceptors (Lipinski definition) is 1. The highest BCUT2D eigenvalue weighted by Crippen LogP contribution is 2.16. The predicted molar refractivity (Wildman–Crippen MR) is 53.6 cm³/mol. The van der Waals surface area contributed by atoms with Crippen LogP contribution in [0.15, 0.2) is 12.2 Å². The van der Waals surface area contributed by atoms with E-state index < -0.39 is 0 Å². The molecule has 1 rings (SSSR count). The normalized spacial score (nSPS) is 21.2. The quantitative estimate of drug-likeness (QED) is 0.646. The van der Waals surface area contributed by atoms with Crippen molar-refractivity contribution < 1.29 is 4.79 Å². The second kappa shape index (κ2) is 4.90. The lowest BCUT2D eigenvalue weighted by molar-refractivity contribution is 0.215. The van der Waals surface area contributed by atoms with Crippen molar-refractivity contribution in [3.63, 3.8) is 0 Å². The third-order valence-corrected chi connectivity index (χ3v) is 2.33. The van der Waals surface area contributed by atoms with Gasteiger partial charge in [-0.2, -0.15) is 0 Å². The minimum atomic E-state index is 0.00885. The first-order valence-electron chi connectivity index (χ1n) is 4.80. The van der Waals surface area contributed by atoms with Crippen LogP contribution >= 0.6 is 0 Å². The molecule has 1 unspecified atom stereocenters. The SMILES string of the molecule is CN(C)C(=O)NCC1CC=CCC1. The van der Waals surface area contributed by atoms with Gasteiger partial charge in [-0.05, 0) is 25.2 Å². The Labute approximate surface area is 79.8 Å². The van der Waals surface area contributed by atoms with Crippen LogP contribution in [-0.4, -0.2) is 31.6 Å². The van der Waals surface area contributed by atoms with Crippen LogP contribution in [0.5, 0.6) is 0 Å². The molecule has 1 aliphatic carbocycles. The highest BCUT2D eigenvalue weighted by atomic mass is 16.2. The molecule has 0 heterocycles. The molecule has 1 aliphatic rings. The van der Waals surface area contributed by atoms with Gasteiger partial charge in [-0.15, -0.1) is 0 Å². The largest absolute Gasteiger partial charge is 0.338 e. The highest BCUT2D eigenvalue weighted by Gasteiger charge is 2.11. The minimum Gasteiger partial charge on any atom is -0.338 e. The highest BCUT2D eigenvalue weighted by molar-refractivity contribution is 5.73. The van der Waals surface area contributed by atoms with Crippen LogP contribution in [-0.2, 0) is 0 Å². The van der Waals surface area contributed by atoms with E-state index in [0.717, 1.165) is 19.4 Å². The number of nitrogens with zero attached hydrogens (tertiary/aromatic N) is 1. The van der Waals surface area contributed by atoms with Gasteiger partial charge in [0.15, 0.2) is 0 Å². The molecule has 2 amide bonds. The summed E-state index contributed by atoms with van der Waals surface area (Å²) in [6.45, 7) is 0.807. The van der Waals surface area contributed by atoms with Gasteiger partial charge in [0, 0.05) is 20.6 Å². The summed E-state index contributed by atoms with van der Waals surface area (Å²) in [6, 6.07) is 0.00885. The third kappa shape index (κ3) is 3.49. The summed E-state index contributed by atoms with van der Waals surface area (Å²) in [7, 11) is 3.52. The number of carbonyl (C=O) groups is 1. The number of amides is 2. The second-order valence-electron chi connectivity index (χ2n) is 3.73. The summed E-state index contributed by atoms with van der Waals surface area (Å²) in [4.78, 5) is 12.8. The molecule has 0 aromatic heterocycles. The molecule has 0 fully saturated rings. The lowest BCUT2D eigenvalue weighted by Gasteiger charge is -2.19. The van der Waals surface area contributed by atoms with Crippen molar-refractivity contribution in [3.8, 4) is 0 Å². The van der Waals surface area contributed by atoms with E-state index >= 15 is 0 Å². The molecule has 0 aromatic carbocycles. The van der Waals surface area contributed by atoms with Crippen molar-refractivity contribution in [3.05, 3.63) is 12.2 Å². The van der Waals surface area contributed by atoms with Crippen molar-refractivity contribution in [1.29, 1.82) is 0 Å². The Morgan fingerprint density at radius 1 is 1.54 bits per heavy atom. The minimum absolute atomic E-state index is 0.00885. The van der Waals surface area contributed by atoms with E-state index in [1.54, 1.807) is 19.0 Å². The number of carbonyl (C=O) groups excluding carboxylic acids is 1. The first-order chi connectivity index (χ1) is 6.20. The zero-order chi connectivity index (χ0) is 9.68. The van der Waals surface area contributed by atoms with Crippen LogP contribution in [0.2, 0.25) is 0 Å². The topological polar surface area (TPSA) is 32.3 Å². The maximum absolute atomic E-state index is 11.2. The Morgan fingerprint density at radius 2 is 2.31 bits per heavy atom. The second-order valence-corrected chi connectivity index (χ2v) is 3.73. The van der Waals surface area contributed by atoms with E-state index in [-0.39, 0.29) is 6.03 Å². The molecular weight excluding hydrogens is 164 g/mol. The number of rotatable bonds is 2. The van der Waals surface area contributed by atoms with Gasteiger partial charge in [-0.1, -0.05) is 12.2 Å². The van der Waals surface area contributed by atoms with Gasteiger partial charge in [0.25, 0.3) is 0 Å². The van der Waals surface area contributed by atoms with Gasteiger partial charge in [0.05, 0.1) is 0 Å². The first-order valence-corrected chi connectivity index (χ1v) is 4.80. The molecule has 0 saturated heterocycles. The molecule has 0 spiro atoms. The van der Waals surface area contributed by atoms with E-state index in [9.17, 15) is 4.79 Å². The standard InChI is InChI=1S/C10H18N2O/c1-12(2)10(13)11-8-9-6-4-3-5-7-9/h3-4,9H,5-8H2,1-2H3,(H,11,13). The molecule has 0 aromatic rings. The molecule has 0 radical (unpaired) electrons. The van der Waals surface area contributed by atoms with Gasteiger partial charge >= 0.3 is 6.03 Å². The lowest BCUT2D eigenvalue weighted by atomic mass is 9.94. The molecular formula is C10H18N2O. The summed E-state index contributed by atoms with van der Waals surface area (Å²) in [5, 5.41) is 2.90. The van der Waals surface area contributed by atoms with Crippen LogP contribution < -0.4 is 5.32 Å². The molecule has 13 heavy (non-hydrogen) atoms. The fraction of sp³-hybridized carbons (Fsp3) is 0.700. The van der Waals surface area contributed by atoms with E-state index in [1.165, 1.54) is 6.42 Å². The van der Waals surface area contributed by atoms with Crippen LogP contribution in [0, 0.1) is 5.92 Å². The van der Waals surface area contributed by atoms with Crippen molar-refractivity contribution >= 4 is 6.03 Å². The van der Waals surface area contributed by atoms with E-state index in [0.29, 0.717) is 5.92 Å². The van der Waals surface area contributed by atoms with Crippen LogP contribution in [0.1, 0.15) is 19.3 Å². The van der Waals surface area contributed by atoms with Gasteiger partial charge in [-0.25, -0.2) is 4.79 Å². The Kier molecular flexibility index (Phi) is 3.80.